The van der Waals surface area contributed by atoms with Gasteiger partial charge in [-0.2, -0.15) is 0 Å². The Balaban J connectivity index is 2.23. The second-order valence-corrected chi connectivity index (χ2v) is 5.87. The molecule has 1 aromatic carbocycles. The van der Waals surface area contributed by atoms with Gasteiger partial charge in [0.05, 0.1) is 0 Å². The van der Waals surface area contributed by atoms with Gasteiger partial charge in [0.2, 0.25) is 0 Å². The van der Waals surface area contributed by atoms with E-state index in [-0.39, 0.29) is 6.03 Å². The van der Waals surface area contributed by atoms with E-state index in [1.807, 2.05) is 7.05 Å². The highest BCUT2D eigenvalue weighted by Gasteiger charge is 2.08. The topological polar surface area (TPSA) is 41.6 Å². The number of urea groups is 1. The maximum Gasteiger partial charge on any atom is 0.317 e. The summed E-state index contributed by atoms with van der Waals surface area (Å²) in [6.07, 6.45) is 5.17. The van der Waals surface area contributed by atoms with E-state index in [9.17, 15) is 4.79 Å². The van der Waals surface area contributed by atoms with Gasteiger partial charge >= 0.3 is 6.03 Å². The highest BCUT2D eigenvalue weighted by molar-refractivity contribution is 7.98. The number of nitrogens with one attached hydrogen (secondary N) is 1. The minimum Gasteiger partial charge on any atom is -0.385 e. The van der Waals surface area contributed by atoms with Gasteiger partial charge in [-0.05, 0) is 43.2 Å². The van der Waals surface area contributed by atoms with E-state index in [4.69, 9.17) is 4.74 Å². The molecule has 0 saturated carbocycles. The number of benzene rings is 1. The first-order chi connectivity index (χ1) is 10.2. The minimum absolute atomic E-state index is 0.0179. The summed E-state index contributed by atoms with van der Waals surface area (Å²) in [5.41, 5.74) is 1.14. The number of unbranched alkanes of at least 4 members (excludes halogenated alkanes) is 2. The second-order valence-electron chi connectivity index (χ2n) is 4.99. The van der Waals surface area contributed by atoms with Crippen LogP contribution in [0.2, 0.25) is 0 Å². The van der Waals surface area contributed by atoms with E-state index in [0.717, 1.165) is 38.0 Å². The molecule has 1 rings (SSSR count). The Morgan fingerprint density at radius 1 is 1.24 bits per heavy atom. The first-order valence-electron chi connectivity index (χ1n) is 7.28. The summed E-state index contributed by atoms with van der Waals surface area (Å²) < 4.78 is 4.99. The summed E-state index contributed by atoms with van der Waals surface area (Å²) in [5.74, 6) is 0. The number of ether oxygens (including phenoxy) is 1. The summed E-state index contributed by atoms with van der Waals surface area (Å²) in [7, 11) is 3.53. The van der Waals surface area contributed by atoms with Crippen LogP contribution in [0, 0.1) is 0 Å². The van der Waals surface area contributed by atoms with Crippen LogP contribution in [0.25, 0.3) is 0 Å². The zero-order valence-corrected chi connectivity index (χ0v) is 14.0. The lowest BCUT2D eigenvalue weighted by Gasteiger charge is -2.18. The molecule has 4 nitrogen and oxygen atoms in total. The molecule has 0 bridgehead atoms. The number of methoxy groups -OCH3 is 1. The fraction of sp³-hybridized carbons (Fsp3) is 0.562. The van der Waals surface area contributed by atoms with Crippen molar-refractivity contribution >= 4 is 17.8 Å². The van der Waals surface area contributed by atoms with Crippen molar-refractivity contribution in [1.82, 2.24) is 10.2 Å². The third-order valence-corrected chi connectivity index (χ3v) is 3.97. The lowest BCUT2D eigenvalue weighted by molar-refractivity contribution is 0.191. The van der Waals surface area contributed by atoms with Crippen molar-refractivity contribution in [1.29, 1.82) is 0 Å². The number of carbonyl (C=O) groups is 1. The lowest BCUT2D eigenvalue weighted by atomic mass is 10.2. The number of amides is 2. The van der Waals surface area contributed by atoms with Crippen LogP contribution in [0.15, 0.2) is 29.2 Å². The molecule has 0 spiro atoms. The van der Waals surface area contributed by atoms with Crippen molar-refractivity contribution < 1.29 is 9.53 Å². The first kappa shape index (κ1) is 17.9. The molecule has 118 valence electrons. The lowest BCUT2D eigenvalue weighted by Crippen LogP contribution is -2.37. The van der Waals surface area contributed by atoms with Crippen molar-refractivity contribution in [2.75, 3.05) is 33.6 Å². The predicted molar refractivity (Wildman–Crippen MR) is 88.8 cm³/mol. The molecule has 5 heteroatoms. The average Bonchev–Trinajstić information content (AvgIpc) is 2.51. The third-order valence-electron chi connectivity index (χ3n) is 3.23. The summed E-state index contributed by atoms with van der Waals surface area (Å²) >= 11 is 1.72. The zero-order valence-electron chi connectivity index (χ0n) is 13.2. The predicted octanol–water partition coefficient (Wildman–Crippen LogP) is 3.37. The van der Waals surface area contributed by atoms with Crippen molar-refractivity contribution in [3.05, 3.63) is 29.8 Å². The van der Waals surface area contributed by atoms with E-state index in [2.05, 4.69) is 35.8 Å². The normalized spacial score (nSPS) is 10.4. The summed E-state index contributed by atoms with van der Waals surface area (Å²) in [4.78, 5) is 14.9. The number of thioether (sulfide) groups is 1. The molecule has 0 heterocycles. The molecule has 0 aliphatic carbocycles. The maximum atomic E-state index is 11.9. The van der Waals surface area contributed by atoms with Gasteiger partial charge in [-0.3, -0.25) is 0 Å². The van der Waals surface area contributed by atoms with Gasteiger partial charge in [0, 0.05) is 38.7 Å². The van der Waals surface area contributed by atoms with Crippen molar-refractivity contribution in [2.24, 2.45) is 0 Å². The first-order valence-corrected chi connectivity index (χ1v) is 8.50. The Morgan fingerprint density at radius 2 is 1.95 bits per heavy atom. The molecule has 2 amide bonds. The van der Waals surface area contributed by atoms with Crippen molar-refractivity contribution in [3.8, 4) is 0 Å². The molecule has 0 aliphatic rings. The SMILES string of the molecule is COCCCCCNC(=O)N(C)Cc1ccc(SC)cc1. The third kappa shape index (κ3) is 7.39. The molecule has 0 aliphatic heterocycles. The Morgan fingerprint density at radius 3 is 2.57 bits per heavy atom. The maximum absolute atomic E-state index is 11.9. The molecular weight excluding hydrogens is 284 g/mol. The minimum atomic E-state index is -0.0179. The standard InChI is InChI=1S/C16H26N2O2S/c1-18(13-14-7-9-15(21-3)10-8-14)16(19)17-11-5-4-6-12-20-2/h7-10H,4-6,11-13H2,1-3H3,(H,17,19). The number of rotatable bonds is 9. The molecule has 0 unspecified atom stereocenters. The van der Waals surface area contributed by atoms with E-state index >= 15 is 0 Å². The van der Waals surface area contributed by atoms with E-state index in [0.29, 0.717) is 6.54 Å². The van der Waals surface area contributed by atoms with Crippen molar-refractivity contribution in [2.45, 2.75) is 30.7 Å². The van der Waals surface area contributed by atoms with Gasteiger partial charge < -0.3 is 15.0 Å². The van der Waals surface area contributed by atoms with Crippen LogP contribution < -0.4 is 5.32 Å². The van der Waals surface area contributed by atoms with Crippen LogP contribution >= 0.6 is 11.8 Å². The molecule has 0 aromatic heterocycles. The number of carbonyl (C=O) groups excluding carboxylic acids is 1. The molecule has 0 radical (unpaired) electrons. The highest BCUT2D eigenvalue weighted by Crippen LogP contribution is 2.15. The van der Waals surface area contributed by atoms with Gasteiger partial charge in [-0.1, -0.05) is 12.1 Å². The monoisotopic (exact) mass is 310 g/mol. The van der Waals surface area contributed by atoms with Crippen LogP contribution in [0.1, 0.15) is 24.8 Å². The van der Waals surface area contributed by atoms with Crippen LogP contribution in [-0.4, -0.2) is 44.5 Å². The highest BCUT2D eigenvalue weighted by atomic mass is 32.2. The molecular formula is C16H26N2O2S. The molecule has 1 aromatic rings. The summed E-state index contributed by atoms with van der Waals surface area (Å²) in [5, 5.41) is 2.94. The van der Waals surface area contributed by atoms with Crippen LogP contribution in [-0.2, 0) is 11.3 Å². The van der Waals surface area contributed by atoms with Gasteiger partial charge in [0.15, 0.2) is 0 Å². The zero-order chi connectivity index (χ0) is 15.5. The second kappa shape index (κ2) is 10.5. The van der Waals surface area contributed by atoms with Gasteiger partial charge in [0.1, 0.15) is 0 Å². The van der Waals surface area contributed by atoms with Crippen LogP contribution in [0.3, 0.4) is 0 Å². The Hall–Kier alpha value is -1.20. The van der Waals surface area contributed by atoms with E-state index < -0.39 is 0 Å². The van der Waals surface area contributed by atoms with Crippen molar-refractivity contribution in [3.63, 3.8) is 0 Å². The molecule has 0 saturated heterocycles. The largest absolute Gasteiger partial charge is 0.385 e. The average molecular weight is 310 g/mol. The fourth-order valence-electron chi connectivity index (χ4n) is 1.96. The molecule has 0 atom stereocenters. The van der Waals surface area contributed by atoms with Crippen LogP contribution in [0.4, 0.5) is 4.79 Å². The fourth-order valence-corrected chi connectivity index (χ4v) is 2.36. The van der Waals surface area contributed by atoms with Gasteiger partial charge in [0.25, 0.3) is 0 Å². The summed E-state index contributed by atoms with van der Waals surface area (Å²) in [6.45, 7) is 2.14. The molecule has 0 fully saturated rings. The van der Waals surface area contributed by atoms with Gasteiger partial charge in [-0.25, -0.2) is 4.79 Å². The number of hydrogen-bond acceptors (Lipinski definition) is 3. The van der Waals surface area contributed by atoms with E-state index in [1.165, 1.54) is 4.90 Å². The smallest absolute Gasteiger partial charge is 0.317 e. The van der Waals surface area contributed by atoms with Gasteiger partial charge in [-0.15, -0.1) is 11.8 Å². The van der Waals surface area contributed by atoms with Crippen LogP contribution in [0.5, 0.6) is 0 Å². The Bertz CT molecular complexity index is 409. The summed E-state index contributed by atoms with van der Waals surface area (Å²) in [6, 6.07) is 8.29. The Kier molecular flexibility index (Phi) is 8.94. The molecule has 21 heavy (non-hydrogen) atoms. The molecule has 1 N–H and O–H groups in total. The number of nitrogens with zero attached hydrogens (tertiary/aromatic N) is 1. The van der Waals surface area contributed by atoms with E-state index in [1.54, 1.807) is 23.8 Å². The quantitative estimate of drug-likeness (QED) is 0.562. The Labute approximate surface area is 132 Å². The number of hydrogen-bond donors (Lipinski definition) is 1.